The molecule has 0 saturated carbocycles. The molecule has 1 heterocycles. The lowest BCUT2D eigenvalue weighted by molar-refractivity contribution is -0.153. The monoisotopic (exact) mass is 298 g/mol. The molecule has 2 rings (SSSR count). The Morgan fingerprint density at radius 1 is 1.45 bits per heavy atom. The Morgan fingerprint density at radius 3 is 2.75 bits per heavy atom. The third-order valence-corrected chi connectivity index (χ3v) is 4.11. The van der Waals surface area contributed by atoms with Crippen molar-refractivity contribution in [3.05, 3.63) is 34.6 Å². The van der Waals surface area contributed by atoms with Crippen molar-refractivity contribution >= 4 is 23.4 Å². The second-order valence-electron chi connectivity index (χ2n) is 5.04. The van der Waals surface area contributed by atoms with E-state index in [0.29, 0.717) is 12.0 Å². The molecule has 2 amide bonds. The van der Waals surface area contributed by atoms with Gasteiger partial charge in [-0.1, -0.05) is 24.6 Å². The Morgan fingerprint density at radius 2 is 2.15 bits per heavy atom. The molecule has 108 valence electrons. The van der Waals surface area contributed by atoms with Crippen molar-refractivity contribution in [2.45, 2.75) is 32.4 Å². The largest absolute Gasteiger partial charge is 0.345 e. The minimum Gasteiger partial charge on any atom is -0.345 e. The van der Waals surface area contributed by atoms with E-state index in [-0.39, 0.29) is 29.9 Å². The molecule has 0 aliphatic carbocycles. The van der Waals surface area contributed by atoms with E-state index in [1.54, 1.807) is 13.0 Å². The van der Waals surface area contributed by atoms with Crippen molar-refractivity contribution < 1.29 is 14.0 Å². The third-order valence-electron chi connectivity index (χ3n) is 3.80. The molecule has 6 heteroatoms. The van der Waals surface area contributed by atoms with Gasteiger partial charge in [-0.25, -0.2) is 4.39 Å². The summed E-state index contributed by atoms with van der Waals surface area (Å²) in [7, 11) is 0. The van der Waals surface area contributed by atoms with Gasteiger partial charge in [0.25, 0.3) is 0 Å². The van der Waals surface area contributed by atoms with Gasteiger partial charge in [0.2, 0.25) is 11.8 Å². The third kappa shape index (κ3) is 2.50. The fraction of sp³-hybridized carbons (Fsp3) is 0.429. The first-order chi connectivity index (χ1) is 9.38. The van der Waals surface area contributed by atoms with E-state index in [2.05, 4.69) is 5.32 Å². The number of halogens is 2. The number of benzene rings is 1. The molecule has 1 saturated heterocycles. The fourth-order valence-electron chi connectivity index (χ4n) is 2.27. The molecule has 1 N–H and O–H groups in total. The summed E-state index contributed by atoms with van der Waals surface area (Å²) in [5.41, 5.74) is -0.305. The van der Waals surface area contributed by atoms with Crippen molar-refractivity contribution in [3.63, 3.8) is 0 Å². The number of nitrogens with one attached hydrogen (secondary N) is 1. The van der Waals surface area contributed by atoms with Gasteiger partial charge in [-0.3, -0.25) is 9.59 Å². The maximum atomic E-state index is 13.5. The van der Waals surface area contributed by atoms with Gasteiger partial charge in [0.1, 0.15) is 11.4 Å². The average Bonchev–Trinajstić information content (AvgIpc) is 2.43. The zero-order valence-electron chi connectivity index (χ0n) is 11.4. The Balaban J connectivity index is 2.30. The number of piperazine rings is 1. The smallest absolute Gasteiger partial charge is 0.246 e. The summed E-state index contributed by atoms with van der Waals surface area (Å²) >= 11 is 5.64. The molecule has 0 spiro atoms. The molecule has 20 heavy (non-hydrogen) atoms. The Hall–Kier alpha value is -1.62. The highest BCUT2D eigenvalue weighted by molar-refractivity contribution is 6.30. The summed E-state index contributed by atoms with van der Waals surface area (Å²) in [5.74, 6) is -0.894. The highest BCUT2D eigenvalue weighted by Gasteiger charge is 2.43. The van der Waals surface area contributed by atoms with Crippen molar-refractivity contribution in [2.24, 2.45) is 0 Å². The first-order valence-electron chi connectivity index (χ1n) is 6.41. The molecule has 1 aromatic rings. The second kappa shape index (κ2) is 5.40. The van der Waals surface area contributed by atoms with Crippen LogP contribution in [0.5, 0.6) is 0 Å². The SMILES string of the molecule is CCC1(C)C(=O)NCC(=O)N1Cc1ccc(Cl)c(F)c1. The molecule has 0 bridgehead atoms. The summed E-state index contributed by atoms with van der Waals surface area (Å²) < 4.78 is 13.5. The van der Waals surface area contributed by atoms with Crippen LogP contribution in [0.1, 0.15) is 25.8 Å². The Bertz CT molecular complexity index is 564. The minimum absolute atomic E-state index is 0.0233. The minimum atomic E-state index is -0.911. The number of carbonyl (C=O) groups excluding carboxylic acids is 2. The van der Waals surface area contributed by atoms with Gasteiger partial charge < -0.3 is 10.2 Å². The topological polar surface area (TPSA) is 49.4 Å². The van der Waals surface area contributed by atoms with Crippen LogP contribution in [-0.4, -0.2) is 28.8 Å². The van der Waals surface area contributed by atoms with Crippen LogP contribution in [0.3, 0.4) is 0 Å². The Labute approximate surface area is 121 Å². The average molecular weight is 299 g/mol. The van der Waals surface area contributed by atoms with Crippen LogP contribution < -0.4 is 5.32 Å². The summed E-state index contributed by atoms with van der Waals surface area (Å²) in [6.45, 7) is 3.72. The maximum Gasteiger partial charge on any atom is 0.246 e. The molecule has 1 atom stereocenters. The van der Waals surface area contributed by atoms with Gasteiger partial charge in [0.15, 0.2) is 0 Å². The van der Waals surface area contributed by atoms with Crippen molar-refractivity contribution in [1.29, 1.82) is 0 Å². The molecule has 0 aromatic heterocycles. The molecule has 0 radical (unpaired) electrons. The van der Waals surface area contributed by atoms with Gasteiger partial charge in [-0.2, -0.15) is 0 Å². The van der Waals surface area contributed by atoms with Crippen LogP contribution in [-0.2, 0) is 16.1 Å². The highest BCUT2D eigenvalue weighted by atomic mass is 35.5. The van der Waals surface area contributed by atoms with Crippen LogP contribution in [0.2, 0.25) is 5.02 Å². The first kappa shape index (κ1) is 14.8. The quantitative estimate of drug-likeness (QED) is 0.929. The van der Waals surface area contributed by atoms with Crippen LogP contribution >= 0.6 is 11.6 Å². The maximum absolute atomic E-state index is 13.5. The van der Waals surface area contributed by atoms with E-state index in [1.807, 2.05) is 6.92 Å². The zero-order chi connectivity index (χ0) is 14.9. The summed E-state index contributed by atoms with van der Waals surface area (Å²) in [5, 5.41) is 2.62. The normalized spacial score (nSPS) is 22.9. The molecule has 1 aromatic carbocycles. The lowest BCUT2D eigenvalue weighted by Gasteiger charge is -2.43. The number of hydrogen-bond acceptors (Lipinski definition) is 2. The lowest BCUT2D eigenvalue weighted by Crippen LogP contribution is -2.65. The van der Waals surface area contributed by atoms with E-state index in [1.165, 1.54) is 17.0 Å². The van der Waals surface area contributed by atoms with Gasteiger partial charge in [-0.15, -0.1) is 0 Å². The number of nitrogens with zero attached hydrogens (tertiary/aromatic N) is 1. The molecular weight excluding hydrogens is 283 g/mol. The van der Waals surface area contributed by atoms with Crippen LogP contribution in [0.15, 0.2) is 18.2 Å². The van der Waals surface area contributed by atoms with Crippen LogP contribution in [0, 0.1) is 5.82 Å². The number of amides is 2. The number of rotatable bonds is 3. The highest BCUT2D eigenvalue weighted by Crippen LogP contribution is 2.26. The van der Waals surface area contributed by atoms with Gasteiger partial charge in [0, 0.05) is 6.54 Å². The summed E-state index contributed by atoms with van der Waals surface area (Å²) in [6, 6.07) is 4.39. The summed E-state index contributed by atoms with van der Waals surface area (Å²) in [4.78, 5) is 25.6. The van der Waals surface area contributed by atoms with Gasteiger partial charge in [-0.05, 0) is 31.0 Å². The number of hydrogen-bond donors (Lipinski definition) is 1. The molecule has 1 unspecified atom stereocenters. The predicted molar refractivity (Wildman–Crippen MR) is 73.7 cm³/mol. The zero-order valence-corrected chi connectivity index (χ0v) is 12.1. The summed E-state index contributed by atoms with van der Waals surface area (Å²) in [6.07, 6.45) is 0.487. The predicted octanol–water partition coefficient (Wildman–Crippen LogP) is 2.11. The van der Waals surface area contributed by atoms with Gasteiger partial charge >= 0.3 is 0 Å². The van der Waals surface area contributed by atoms with Crippen LogP contribution in [0.25, 0.3) is 0 Å². The second-order valence-corrected chi connectivity index (χ2v) is 5.45. The molecule has 1 aliphatic rings. The number of carbonyl (C=O) groups is 2. The van der Waals surface area contributed by atoms with Crippen LogP contribution in [0.4, 0.5) is 4.39 Å². The van der Waals surface area contributed by atoms with Crippen molar-refractivity contribution in [2.75, 3.05) is 6.54 Å². The van der Waals surface area contributed by atoms with E-state index < -0.39 is 11.4 Å². The van der Waals surface area contributed by atoms with E-state index in [9.17, 15) is 14.0 Å². The van der Waals surface area contributed by atoms with Crippen molar-refractivity contribution in [1.82, 2.24) is 10.2 Å². The standard InChI is InChI=1S/C14H16ClFN2O2/c1-3-14(2)13(20)17-7-12(19)18(14)8-9-4-5-10(15)11(16)6-9/h4-6H,3,7-8H2,1-2H3,(H,17,20). The van der Waals surface area contributed by atoms with E-state index in [0.717, 1.165) is 0 Å². The molecular formula is C14H16ClFN2O2. The van der Waals surface area contributed by atoms with Gasteiger partial charge in [0.05, 0.1) is 11.6 Å². The Kier molecular flexibility index (Phi) is 3.99. The van der Waals surface area contributed by atoms with Crippen molar-refractivity contribution in [3.8, 4) is 0 Å². The first-order valence-corrected chi connectivity index (χ1v) is 6.79. The van der Waals surface area contributed by atoms with E-state index in [4.69, 9.17) is 11.6 Å². The van der Waals surface area contributed by atoms with E-state index >= 15 is 0 Å². The lowest BCUT2D eigenvalue weighted by atomic mass is 9.92. The fourth-order valence-corrected chi connectivity index (χ4v) is 2.39. The molecule has 1 aliphatic heterocycles. The molecule has 4 nitrogen and oxygen atoms in total. The molecule has 1 fully saturated rings.